The molecule has 12 heteroatoms. The van der Waals surface area contributed by atoms with Crippen molar-refractivity contribution < 1.29 is 31.1 Å². The lowest BCUT2D eigenvalue weighted by atomic mass is 10.1. The molecule has 0 fully saturated rings. The van der Waals surface area contributed by atoms with E-state index in [2.05, 4.69) is 10.3 Å². The SMILES string of the molecule is CCCNC(=O)Oc1ccccc1N=C(C=C(N)C(F)(F)F)c1cc(-c2cccc(S(C)(=O)=O)c2)cs1. The summed E-state index contributed by atoms with van der Waals surface area (Å²) in [5.74, 6) is 0.0465. The second-order valence-electron chi connectivity index (χ2n) is 7.88. The van der Waals surface area contributed by atoms with Crippen LogP contribution in [0.25, 0.3) is 11.1 Å². The minimum absolute atomic E-state index is 0.0465. The van der Waals surface area contributed by atoms with Crippen LogP contribution >= 0.6 is 11.3 Å². The first-order valence-electron chi connectivity index (χ1n) is 11.0. The molecule has 0 aliphatic rings. The molecule has 3 aromatic rings. The third kappa shape index (κ3) is 7.67. The van der Waals surface area contributed by atoms with Gasteiger partial charge in [-0.15, -0.1) is 11.3 Å². The normalized spacial score (nSPS) is 12.9. The molecule has 3 N–H and O–H groups in total. The molecule has 1 aromatic heterocycles. The second-order valence-corrected chi connectivity index (χ2v) is 10.8. The van der Waals surface area contributed by atoms with E-state index >= 15 is 0 Å². The smallest absolute Gasteiger partial charge is 0.408 e. The van der Waals surface area contributed by atoms with Gasteiger partial charge in [0.15, 0.2) is 15.6 Å². The molecule has 7 nitrogen and oxygen atoms in total. The molecule has 2 aromatic carbocycles. The average molecular weight is 552 g/mol. The molecule has 0 spiro atoms. The molecule has 0 saturated heterocycles. The number of nitrogens with one attached hydrogen (secondary N) is 1. The van der Waals surface area contributed by atoms with Crippen LogP contribution in [0.2, 0.25) is 0 Å². The number of hydrogen-bond donors (Lipinski definition) is 2. The van der Waals surface area contributed by atoms with Crippen LogP contribution in [0.5, 0.6) is 5.75 Å². The van der Waals surface area contributed by atoms with Crippen molar-refractivity contribution in [2.45, 2.75) is 24.4 Å². The van der Waals surface area contributed by atoms with E-state index in [0.29, 0.717) is 35.0 Å². The zero-order valence-electron chi connectivity index (χ0n) is 19.9. The summed E-state index contributed by atoms with van der Waals surface area (Å²) in [7, 11) is -3.45. The number of aliphatic imine (C=N–C) groups is 1. The summed E-state index contributed by atoms with van der Waals surface area (Å²) in [6.07, 6.45) is -3.03. The van der Waals surface area contributed by atoms with Crippen LogP contribution in [0, 0.1) is 0 Å². The molecule has 0 unspecified atom stereocenters. The lowest BCUT2D eigenvalue weighted by molar-refractivity contribution is -0.0925. The van der Waals surface area contributed by atoms with Crippen molar-refractivity contribution in [2.24, 2.45) is 10.7 Å². The summed E-state index contributed by atoms with van der Waals surface area (Å²) < 4.78 is 69.0. The highest BCUT2D eigenvalue weighted by Gasteiger charge is 2.32. The van der Waals surface area contributed by atoms with Crippen molar-refractivity contribution in [1.29, 1.82) is 0 Å². The Morgan fingerprint density at radius 2 is 1.86 bits per heavy atom. The van der Waals surface area contributed by atoms with Gasteiger partial charge in [-0.2, -0.15) is 13.2 Å². The first-order valence-corrected chi connectivity index (χ1v) is 13.7. The average Bonchev–Trinajstić information content (AvgIpc) is 3.33. The highest BCUT2D eigenvalue weighted by atomic mass is 32.2. The summed E-state index contributed by atoms with van der Waals surface area (Å²) >= 11 is 1.10. The largest absolute Gasteiger partial charge is 0.430 e. The maximum Gasteiger partial charge on any atom is 0.430 e. The number of alkyl halides is 3. The maximum atomic E-state index is 13.3. The van der Waals surface area contributed by atoms with Gasteiger partial charge in [0.1, 0.15) is 11.4 Å². The fourth-order valence-electron chi connectivity index (χ4n) is 3.04. The van der Waals surface area contributed by atoms with Gasteiger partial charge in [-0.05, 0) is 59.3 Å². The first-order chi connectivity index (χ1) is 17.4. The Morgan fingerprint density at radius 1 is 1.14 bits per heavy atom. The van der Waals surface area contributed by atoms with E-state index in [1.165, 1.54) is 24.3 Å². The number of carbonyl (C=O) groups is 1. The maximum absolute atomic E-state index is 13.3. The molecule has 196 valence electrons. The van der Waals surface area contributed by atoms with Crippen LogP contribution in [-0.4, -0.2) is 39.2 Å². The summed E-state index contributed by atoms with van der Waals surface area (Å²) in [6.45, 7) is 2.26. The third-order valence-electron chi connectivity index (χ3n) is 4.90. The molecule has 0 bridgehead atoms. The first kappa shape index (κ1) is 27.9. The van der Waals surface area contributed by atoms with Crippen molar-refractivity contribution in [3.8, 4) is 16.9 Å². The van der Waals surface area contributed by atoms with Gasteiger partial charge in [0.05, 0.1) is 15.5 Å². The van der Waals surface area contributed by atoms with Gasteiger partial charge in [-0.1, -0.05) is 31.2 Å². The number of hydrogen-bond acceptors (Lipinski definition) is 7. The minimum atomic E-state index is -4.79. The van der Waals surface area contributed by atoms with Gasteiger partial charge < -0.3 is 15.8 Å². The number of thiophene rings is 1. The van der Waals surface area contributed by atoms with E-state index in [1.54, 1.807) is 35.7 Å². The van der Waals surface area contributed by atoms with Crippen LogP contribution in [-0.2, 0) is 9.84 Å². The Kier molecular flexibility index (Phi) is 8.77. The van der Waals surface area contributed by atoms with E-state index in [9.17, 15) is 26.4 Å². The Morgan fingerprint density at radius 3 is 2.54 bits per heavy atom. The topological polar surface area (TPSA) is 111 Å². The molecule has 1 heterocycles. The molecule has 0 aliphatic heterocycles. The van der Waals surface area contributed by atoms with Gasteiger partial charge in [0.25, 0.3) is 0 Å². The summed E-state index contributed by atoms with van der Waals surface area (Å²) in [5, 5.41) is 4.22. The Hall–Kier alpha value is -3.64. The molecule has 0 saturated carbocycles. The summed E-state index contributed by atoms with van der Waals surface area (Å²) in [6, 6.07) is 13.9. The van der Waals surface area contributed by atoms with E-state index in [4.69, 9.17) is 10.5 Å². The fourth-order valence-corrected chi connectivity index (χ4v) is 4.59. The molecular weight excluding hydrogens is 527 g/mol. The van der Waals surface area contributed by atoms with E-state index in [1.807, 2.05) is 6.92 Å². The predicted octanol–water partition coefficient (Wildman–Crippen LogP) is 5.84. The van der Waals surface area contributed by atoms with Crippen molar-refractivity contribution in [1.82, 2.24) is 5.32 Å². The highest BCUT2D eigenvalue weighted by molar-refractivity contribution is 7.90. The van der Waals surface area contributed by atoms with Crippen LogP contribution in [0.4, 0.5) is 23.7 Å². The molecule has 3 rings (SSSR count). The number of amides is 1. The molecule has 37 heavy (non-hydrogen) atoms. The van der Waals surface area contributed by atoms with Crippen LogP contribution < -0.4 is 15.8 Å². The van der Waals surface area contributed by atoms with Crippen molar-refractivity contribution in [3.63, 3.8) is 0 Å². The molecule has 1 amide bonds. The quantitative estimate of drug-likeness (QED) is 0.342. The lowest BCUT2D eigenvalue weighted by Gasteiger charge is -2.10. The summed E-state index contributed by atoms with van der Waals surface area (Å²) in [5.41, 5.74) is 5.09. The van der Waals surface area contributed by atoms with Gasteiger partial charge in [-0.25, -0.2) is 18.2 Å². The molecular formula is C25H24F3N3O4S2. The van der Waals surface area contributed by atoms with Gasteiger partial charge >= 0.3 is 12.3 Å². The zero-order chi connectivity index (χ0) is 27.2. The van der Waals surface area contributed by atoms with Gasteiger partial charge in [-0.3, -0.25) is 0 Å². The predicted molar refractivity (Wildman–Crippen MR) is 138 cm³/mol. The fraction of sp³-hybridized carbons (Fsp3) is 0.200. The van der Waals surface area contributed by atoms with Gasteiger partial charge in [0.2, 0.25) is 0 Å². The Balaban J connectivity index is 2.07. The Labute approximate surface area is 216 Å². The number of para-hydroxylation sites is 2. The van der Waals surface area contributed by atoms with E-state index in [-0.39, 0.29) is 22.0 Å². The Bertz CT molecular complexity index is 1450. The van der Waals surface area contributed by atoms with Crippen LogP contribution in [0.3, 0.4) is 0 Å². The van der Waals surface area contributed by atoms with Crippen molar-refractivity contribution in [2.75, 3.05) is 12.8 Å². The third-order valence-corrected chi connectivity index (χ3v) is 6.96. The number of nitrogens with zero attached hydrogens (tertiary/aromatic N) is 1. The standard InChI is InChI=1S/C25H24F3N3O4S2/c1-3-11-30-24(32)35-21-10-5-4-9-19(21)31-20(14-23(29)25(26,27)28)22-13-17(15-36-22)16-7-6-8-18(12-16)37(2,33)34/h4-10,12-15H,3,11,29H2,1-2H3,(H,30,32). The number of carbonyl (C=O) groups excluding carboxylic acids is 1. The second kappa shape index (κ2) is 11.6. The number of halogens is 3. The van der Waals surface area contributed by atoms with Crippen molar-refractivity contribution >= 4 is 38.7 Å². The van der Waals surface area contributed by atoms with Crippen LogP contribution in [0.1, 0.15) is 18.2 Å². The zero-order valence-corrected chi connectivity index (χ0v) is 21.5. The number of ether oxygens (including phenoxy) is 1. The molecule has 0 aliphatic carbocycles. The number of benzene rings is 2. The van der Waals surface area contributed by atoms with E-state index < -0.39 is 27.8 Å². The molecule has 0 atom stereocenters. The highest BCUT2D eigenvalue weighted by Crippen LogP contribution is 2.32. The molecule has 0 radical (unpaired) electrons. The van der Waals surface area contributed by atoms with E-state index in [0.717, 1.165) is 17.6 Å². The van der Waals surface area contributed by atoms with Crippen molar-refractivity contribution in [3.05, 3.63) is 76.6 Å². The lowest BCUT2D eigenvalue weighted by Crippen LogP contribution is -2.27. The number of rotatable bonds is 8. The number of sulfone groups is 1. The number of nitrogens with two attached hydrogens (primary N) is 1. The summed E-state index contributed by atoms with van der Waals surface area (Å²) in [4.78, 5) is 16.8. The monoisotopic (exact) mass is 551 g/mol. The number of allylic oxidation sites excluding steroid dienone is 2. The van der Waals surface area contributed by atoms with Crippen LogP contribution in [0.15, 0.2) is 81.6 Å². The van der Waals surface area contributed by atoms with Gasteiger partial charge in [0, 0.05) is 12.8 Å². The minimum Gasteiger partial charge on any atom is -0.408 e.